The summed E-state index contributed by atoms with van der Waals surface area (Å²) in [6.07, 6.45) is 2.95. The standard InChI is InChI=1S/C14H19NO5S/c1-15(10-14(18)7-2-3-8-14)21(19,20)12-6-4-5-11(9-12)13(16)17/h4-6,9,18H,2-3,7-8,10H2,1H3,(H,16,17). The summed E-state index contributed by atoms with van der Waals surface area (Å²) in [6, 6.07) is 5.23. The molecule has 0 amide bonds. The van der Waals surface area contributed by atoms with Crippen LogP contribution in [0.4, 0.5) is 0 Å². The van der Waals surface area contributed by atoms with Crippen LogP contribution in [0.2, 0.25) is 0 Å². The second kappa shape index (κ2) is 5.75. The van der Waals surface area contributed by atoms with Gasteiger partial charge in [-0.25, -0.2) is 13.2 Å². The Hall–Kier alpha value is -1.44. The van der Waals surface area contributed by atoms with E-state index in [2.05, 4.69) is 0 Å². The first-order valence-corrected chi connectivity index (χ1v) is 8.21. The molecular weight excluding hydrogens is 294 g/mol. The van der Waals surface area contributed by atoms with E-state index in [-0.39, 0.29) is 17.0 Å². The number of rotatable bonds is 5. The fourth-order valence-electron chi connectivity index (χ4n) is 2.66. The lowest BCUT2D eigenvalue weighted by molar-refractivity contribution is 0.0333. The number of likely N-dealkylation sites (N-methyl/N-ethyl adjacent to an activating group) is 1. The molecule has 0 aromatic heterocycles. The number of carboxylic acid groups (broad SMARTS) is 1. The van der Waals surface area contributed by atoms with E-state index < -0.39 is 21.6 Å². The van der Waals surface area contributed by atoms with Gasteiger partial charge >= 0.3 is 5.97 Å². The number of hydrogen-bond acceptors (Lipinski definition) is 4. The van der Waals surface area contributed by atoms with Crippen molar-refractivity contribution in [3.8, 4) is 0 Å². The van der Waals surface area contributed by atoms with Crippen LogP contribution in [0.3, 0.4) is 0 Å². The van der Waals surface area contributed by atoms with E-state index in [9.17, 15) is 18.3 Å². The Labute approximate surface area is 124 Å². The molecule has 1 aliphatic rings. The van der Waals surface area contributed by atoms with Crippen molar-refractivity contribution in [3.63, 3.8) is 0 Å². The Kier molecular flexibility index (Phi) is 4.36. The topological polar surface area (TPSA) is 94.9 Å². The average Bonchev–Trinajstić information content (AvgIpc) is 2.85. The quantitative estimate of drug-likeness (QED) is 0.854. The summed E-state index contributed by atoms with van der Waals surface area (Å²) >= 11 is 0. The summed E-state index contributed by atoms with van der Waals surface area (Å²) < 4.78 is 26.0. The number of carboxylic acids is 1. The van der Waals surface area contributed by atoms with Crippen molar-refractivity contribution in [2.75, 3.05) is 13.6 Å². The van der Waals surface area contributed by atoms with Crippen LogP contribution in [0.1, 0.15) is 36.0 Å². The third-order valence-electron chi connectivity index (χ3n) is 3.84. The normalized spacial score (nSPS) is 18.0. The zero-order chi connectivity index (χ0) is 15.7. The molecule has 0 heterocycles. The maximum Gasteiger partial charge on any atom is 0.335 e. The summed E-state index contributed by atoms with van der Waals surface area (Å²) in [5, 5.41) is 19.3. The highest BCUT2D eigenvalue weighted by molar-refractivity contribution is 7.89. The molecule has 1 saturated carbocycles. The van der Waals surface area contributed by atoms with E-state index in [1.165, 1.54) is 25.2 Å². The van der Waals surface area contributed by atoms with Crippen molar-refractivity contribution in [2.24, 2.45) is 0 Å². The Bertz CT molecular complexity index is 635. The molecular formula is C14H19NO5S. The van der Waals surface area contributed by atoms with Gasteiger partial charge in [-0.15, -0.1) is 0 Å². The average molecular weight is 313 g/mol. The van der Waals surface area contributed by atoms with Crippen molar-refractivity contribution in [3.05, 3.63) is 29.8 Å². The first kappa shape index (κ1) is 15.9. The Morgan fingerprint density at radius 2 is 1.95 bits per heavy atom. The van der Waals surface area contributed by atoms with Gasteiger partial charge in [0, 0.05) is 13.6 Å². The molecule has 2 rings (SSSR count). The Morgan fingerprint density at radius 3 is 2.52 bits per heavy atom. The van der Waals surface area contributed by atoms with Crippen LogP contribution in [-0.2, 0) is 10.0 Å². The SMILES string of the molecule is CN(CC1(O)CCCC1)S(=O)(=O)c1cccc(C(=O)O)c1. The number of benzene rings is 1. The van der Waals surface area contributed by atoms with Gasteiger partial charge in [0.25, 0.3) is 0 Å². The molecule has 0 saturated heterocycles. The molecule has 1 aliphatic carbocycles. The van der Waals surface area contributed by atoms with Crippen LogP contribution >= 0.6 is 0 Å². The number of aliphatic hydroxyl groups is 1. The molecule has 0 aliphatic heterocycles. The molecule has 0 radical (unpaired) electrons. The van der Waals surface area contributed by atoms with Gasteiger partial charge in [-0.05, 0) is 31.0 Å². The molecule has 7 heteroatoms. The van der Waals surface area contributed by atoms with Crippen LogP contribution in [0, 0.1) is 0 Å². The van der Waals surface area contributed by atoms with E-state index >= 15 is 0 Å². The van der Waals surface area contributed by atoms with E-state index in [0.717, 1.165) is 23.2 Å². The fraction of sp³-hybridized carbons (Fsp3) is 0.500. The first-order valence-electron chi connectivity index (χ1n) is 6.77. The van der Waals surface area contributed by atoms with Crippen molar-refractivity contribution >= 4 is 16.0 Å². The fourth-order valence-corrected chi connectivity index (χ4v) is 3.96. The predicted octanol–water partition coefficient (Wildman–Crippen LogP) is 1.31. The van der Waals surface area contributed by atoms with E-state index in [1.807, 2.05) is 0 Å². The predicted molar refractivity (Wildman–Crippen MR) is 76.6 cm³/mol. The summed E-state index contributed by atoms with van der Waals surface area (Å²) in [4.78, 5) is 10.9. The molecule has 2 N–H and O–H groups in total. The van der Waals surface area contributed by atoms with E-state index in [1.54, 1.807) is 0 Å². The lowest BCUT2D eigenvalue weighted by Gasteiger charge is -2.28. The Balaban J connectivity index is 2.24. The maximum absolute atomic E-state index is 12.5. The van der Waals surface area contributed by atoms with Crippen molar-refractivity contribution in [1.29, 1.82) is 0 Å². The third-order valence-corrected chi connectivity index (χ3v) is 5.64. The third kappa shape index (κ3) is 3.42. The molecule has 21 heavy (non-hydrogen) atoms. The van der Waals surface area contributed by atoms with Crippen LogP contribution in [0.5, 0.6) is 0 Å². The maximum atomic E-state index is 12.5. The molecule has 0 atom stereocenters. The number of hydrogen-bond donors (Lipinski definition) is 2. The van der Waals surface area contributed by atoms with Gasteiger partial charge in [-0.3, -0.25) is 0 Å². The monoisotopic (exact) mass is 313 g/mol. The van der Waals surface area contributed by atoms with Crippen molar-refractivity contribution < 1.29 is 23.4 Å². The number of sulfonamides is 1. The molecule has 0 spiro atoms. The number of aromatic carboxylic acids is 1. The minimum absolute atomic E-state index is 0.0205. The molecule has 1 fully saturated rings. The first-order chi connectivity index (χ1) is 9.74. The smallest absolute Gasteiger partial charge is 0.335 e. The zero-order valence-corrected chi connectivity index (χ0v) is 12.6. The molecule has 1 aromatic rings. The van der Waals surface area contributed by atoms with E-state index in [0.29, 0.717) is 12.8 Å². The summed E-state index contributed by atoms with van der Waals surface area (Å²) in [5.41, 5.74) is -1.06. The van der Waals surface area contributed by atoms with Gasteiger partial charge in [-0.1, -0.05) is 18.9 Å². The summed E-state index contributed by atoms with van der Waals surface area (Å²) in [6.45, 7) is 0.0205. The molecule has 0 bridgehead atoms. The molecule has 0 unspecified atom stereocenters. The highest BCUT2D eigenvalue weighted by Crippen LogP contribution is 2.31. The van der Waals surface area contributed by atoms with E-state index in [4.69, 9.17) is 5.11 Å². The van der Waals surface area contributed by atoms with Crippen molar-refractivity contribution in [2.45, 2.75) is 36.2 Å². The highest BCUT2D eigenvalue weighted by atomic mass is 32.2. The van der Waals surface area contributed by atoms with Gasteiger partial charge in [0.15, 0.2) is 0 Å². The van der Waals surface area contributed by atoms with Gasteiger partial charge in [0.05, 0.1) is 16.1 Å². The minimum atomic E-state index is -3.81. The van der Waals surface area contributed by atoms with Gasteiger partial charge < -0.3 is 10.2 Å². The number of nitrogens with zero attached hydrogens (tertiary/aromatic N) is 1. The van der Waals surface area contributed by atoms with Gasteiger partial charge in [-0.2, -0.15) is 4.31 Å². The molecule has 6 nitrogen and oxygen atoms in total. The summed E-state index contributed by atoms with van der Waals surface area (Å²) in [5.74, 6) is -1.18. The highest BCUT2D eigenvalue weighted by Gasteiger charge is 2.35. The van der Waals surface area contributed by atoms with Gasteiger partial charge in [0.1, 0.15) is 0 Å². The summed E-state index contributed by atoms with van der Waals surface area (Å²) in [7, 11) is -2.41. The molecule has 116 valence electrons. The van der Waals surface area contributed by atoms with Gasteiger partial charge in [0.2, 0.25) is 10.0 Å². The second-order valence-electron chi connectivity index (χ2n) is 5.53. The Morgan fingerprint density at radius 1 is 1.33 bits per heavy atom. The molecule has 1 aromatic carbocycles. The second-order valence-corrected chi connectivity index (χ2v) is 7.57. The lowest BCUT2D eigenvalue weighted by atomic mass is 10.0. The lowest BCUT2D eigenvalue weighted by Crippen LogP contribution is -2.42. The largest absolute Gasteiger partial charge is 0.478 e. The minimum Gasteiger partial charge on any atom is -0.478 e. The van der Waals surface area contributed by atoms with Crippen LogP contribution in [0.15, 0.2) is 29.2 Å². The zero-order valence-electron chi connectivity index (χ0n) is 11.8. The van der Waals surface area contributed by atoms with Crippen LogP contribution < -0.4 is 0 Å². The van der Waals surface area contributed by atoms with Crippen molar-refractivity contribution in [1.82, 2.24) is 4.31 Å². The number of carbonyl (C=O) groups is 1. The van der Waals surface area contributed by atoms with Crippen LogP contribution in [-0.4, -0.2) is 48.1 Å². The van der Waals surface area contributed by atoms with Crippen LogP contribution in [0.25, 0.3) is 0 Å².